The van der Waals surface area contributed by atoms with E-state index in [9.17, 15) is 4.79 Å². The van der Waals surface area contributed by atoms with Gasteiger partial charge in [0.15, 0.2) is 0 Å². The number of nitrogens with two attached hydrogens (primary N) is 1. The molecule has 1 fully saturated rings. The fraction of sp³-hybridized carbons (Fsp3) is 0.250. The highest BCUT2D eigenvalue weighted by atomic mass is 16.1. The van der Waals surface area contributed by atoms with Crippen LogP contribution >= 0.6 is 0 Å². The normalized spacial score (nSPS) is 15.5. The van der Waals surface area contributed by atoms with Gasteiger partial charge in [-0.05, 0) is 44.4 Å². The monoisotopic (exact) mass is 347 g/mol. The number of hydrogen-bond acceptors (Lipinski definition) is 4. The molecule has 0 radical (unpaired) electrons. The molecular formula is C20H21N5O. The van der Waals surface area contributed by atoms with E-state index in [-0.39, 0.29) is 11.4 Å². The first-order valence-electron chi connectivity index (χ1n) is 8.68. The molecule has 0 bridgehead atoms. The molecule has 0 saturated heterocycles. The quantitative estimate of drug-likeness (QED) is 0.751. The number of carbonyl (C=O) groups is 1. The molecule has 0 atom stereocenters. The van der Waals surface area contributed by atoms with Gasteiger partial charge in [0, 0.05) is 17.4 Å². The number of allylic oxidation sites excluding steroid dienone is 1. The Kier molecular flexibility index (Phi) is 3.76. The largest absolute Gasteiger partial charge is 0.383 e. The van der Waals surface area contributed by atoms with Crippen molar-refractivity contribution in [3.63, 3.8) is 0 Å². The topological polar surface area (TPSA) is 85.8 Å². The first-order chi connectivity index (χ1) is 12.5. The zero-order chi connectivity index (χ0) is 18.3. The lowest BCUT2D eigenvalue weighted by molar-refractivity contribution is 0.102. The Hall–Kier alpha value is -3.15. The summed E-state index contributed by atoms with van der Waals surface area (Å²) >= 11 is 0. The molecular weight excluding hydrogens is 326 g/mol. The number of rotatable bonds is 4. The molecule has 3 aromatic rings. The fourth-order valence-electron chi connectivity index (χ4n) is 3.16. The Morgan fingerprint density at radius 2 is 2.00 bits per heavy atom. The zero-order valence-corrected chi connectivity index (χ0v) is 14.9. The molecule has 6 nitrogen and oxygen atoms in total. The van der Waals surface area contributed by atoms with Crippen molar-refractivity contribution in [1.29, 1.82) is 0 Å². The number of carbonyl (C=O) groups excluding carboxylic acids is 1. The van der Waals surface area contributed by atoms with Gasteiger partial charge >= 0.3 is 0 Å². The van der Waals surface area contributed by atoms with Crippen LogP contribution in [-0.2, 0) is 5.54 Å². The van der Waals surface area contributed by atoms with Crippen LogP contribution in [0.4, 0.5) is 11.5 Å². The minimum Gasteiger partial charge on any atom is -0.383 e. The van der Waals surface area contributed by atoms with Crippen LogP contribution in [-0.4, -0.2) is 20.4 Å². The van der Waals surface area contributed by atoms with E-state index in [0.717, 1.165) is 24.1 Å². The van der Waals surface area contributed by atoms with Crippen molar-refractivity contribution < 1.29 is 4.79 Å². The first-order valence-corrected chi connectivity index (χ1v) is 8.68. The average Bonchev–Trinajstić information content (AvgIpc) is 3.23. The molecule has 4 rings (SSSR count). The van der Waals surface area contributed by atoms with Crippen LogP contribution in [0.15, 0.2) is 42.9 Å². The van der Waals surface area contributed by atoms with Gasteiger partial charge in [0.1, 0.15) is 17.8 Å². The maximum Gasteiger partial charge on any atom is 0.258 e. The molecule has 1 aromatic carbocycles. The van der Waals surface area contributed by atoms with Gasteiger partial charge in [-0.15, -0.1) is 0 Å². The van der Waals surface area contributed by atoms with Crippen LogP contribution in [0, 0.1) is 0 Å². The fourth-order valence-corrected chi connectivity index (χ4v) is 3.16. The molecule has 1 aliphatic rings. The number of anilines is 2. The van der Waals surface area contributed by atoms with Crippen molar-refractivity contribution in [2.45, 2.75) is 32.2 Å². The summed E-state index contributed by atoms with van der Waals surface area (Å²) < 4.78 is 2.06. The van der Waals surface area contributed by atoms with Crippen molar-refractivity contribution in [2.75, 3.05) is 11.1 Å². The number of benzene rings is 1. The van der Waals surface area contributed by atoms with E-state index in [1.54, 1.807) is 0 Å². The number of fused-ring (bicyclic) bond motifs is 1. The van der Waals surface area contributed by atoms with Crippen LogP contribution in [0.5, 0.6) is 0 Å². The van der Waals surface area contributed by atoms with Crippen LogP contribution in [0.1, 0.15) is 42.6 Å². The molecule has 3 N–H and O–H groups in total. The van der Waals surface area contributed by atoms with Gasteiger partial charge in [-0.1, -0.05) is 24.3 Å². The van der Waals surface area contributed by atoms with Crippen molar-refractivity contribution >= 4 is 34.5 Å². The third-order valence-corrected chi connectivity index (χ3v) is 4.94. The molecule has 0 aliphatic heterocycles. The molecule has 0 unspecified atom stereocenters. The SMILES string of the molecule is C/C=C/c1ccc(NC(=O)c2cn(C3(C)CC3)c3ncnc(N)c23)cc1. The van der Waals surface area contributed by atoms with Gasteiger partial charge < -0.3 is 15.6 Å². The second-order valence-corrected chi connectivity index (χ2v) is 6.94. The highest BCUT2D eigenvalue weighted by Gasteiger charge is 2.41. The van der Waals surface area contributed by atoms with Crippen LogP contribution in [0.3, 0.4) is 0 Å². The van der Waals surface area contributed by atoms with E-state index in [2.05, 4.69) is 26.8 Å². The van der Waals surface area contributed by atoms with Gasteiger partial charge in [0.2, 0.25) is 0 Å². The lowest BCUT2D eigenvalue weighted by Crippen LogP contribution is -2.13. The highest BCUT2D eigenvalue weighted by Crippen LogP contribution is 2.45. The Balaban J connectivity index is 1.71. The third kappa shape index (κ3) is 2.73. The summed E-state index contributed by atoms with van der Waals surface area (Å²) in [5.41, 5.74) is 9.11. The van der Waals surface area contributed by atoms with Gasteiger partial charge in [-0.25, -0.2) is 9.97 Å². The van der Waals surface area contributed by atoms with E-state index in [4.69, 9.17) is 5.73 Å². The molecule has 1 amide bonds. The van der Waals surface area contributed by atoms with E-state index in [1.165, 1.54) is 6.33 Å². The first kappa shape index (κ1) is 16.3. The summed E-state index contributed by atoms with van der Waals surface area (Å²) in [6, 6.07) is 7.69. The van der Waals surface area contributed by atoms with Gasteiger partial charge in [-0.3, -0.25) is 4.79 Å². The minimum atomic E-state index is -0.210. The molecule has 2 aromatic heterocycles. The average molecular weight is 347 g/mol. The minimum absolute atomic E-state index is 0.00566. The Morgan fingerprint density at radius 3 is 2.65 bits per heavy atom. The lowest BCUT2D eigenvalue weighted by atomic mass is 10.1. The lowest BCUT2D eigenvalue weighted by Gasteiger charge is -2.11. The van der Waals surface area contributed by atoms with Gasteiger partial charge in [-0.2, -0.15) is 0 Å². The number of nitrogen functional groups attached to an aromatic ring is 1. The van der Waals surface area contributed by atoms with Crippen molar-refractivity contribution in [3.8, 4) is 0 Å². The molecule has 2 heterocycles. The predicted molar refractivity (Wildman–Crippen MR) is 104 cm³/mol. The third-order valence-electron chi connectivity index (χ3n) is 4.94. The molecule has 1 aliphatic carbocycles. The van der Waals surface area contributed by atoms with E-state index < -0.39 is 0 Å². The summed E-state index contributed by atoms with van der Waals surface area (Å²) in [4.78, 5) is 21.3. The predicted octanol–water partition coefficient (Wildman–Crippen LogP) is 3.81. The summed E-state index contributed by atoms with van der Waals surface area (Å²) in [6.07, 6.45) is 9.41. The summed E-state index contributed by atoms with van der Waals surface area (Å²) in [7, 11) is 0. The van der Waals surface area contributed by atoms with E-state index in [0.29, 0.717) is 22.4 Å². The van der Waals surface area contributed by atoms with Crippen molar-refractivity contribution in [3.05, 3.63) is 54.0 Å². The summed E-state index contributed by atoms with van der Waals surface area (Å²) in [6.45, 7) is 4.13. The number of nitrogens with zero attached hydrogens (tertiary/aromatic N) is 3. The van der Waals surface area contributed by atoms with Crippen LogP contribution in [0.2, 0.25) is 0 Å². The Bertz CT molecular complexity index is 1010. The second kappa shape index (κ2) is 5.98. The van der Waals surface area contributed by atoms with E-state index in [1.807, 2.05) is 49.5 Å². The standard InChI is InChI=1S/C20H21N5O/c1-3-4-13-5-7-14(8-6-13)24-19(26)15-11-25(20(2)9-10-20)18-16(15)17(21)22-12-23-18/h3-8,11-12H,9-10H2,1-2H3,(H,24,26)(H2,21,22,23)/b4-3+. The van der Waals surface area contributed by atoms with Crippen molar-refractivity contribution in [1.82, 2.24) is 14.5 Å². The molecule has 26 heavy (non-hydrogen) atoms. The second-order valence-electron chi connectivity index (χ2n) is 6.94. The van der Waals surface area contributed by atoms with Gasteiger partial charge in [0.05, 0.1) is 10.9 Å². The number of aromatic nitrogens is 3. The summed E-state index contributed by atoms with van der Waals surface area (Å²) in [5, 5.41) is 3.56. The highest BCUT2D eigenvalue weighted by molar-refractivity contribution is 6.14. The van der Waals surface area contributed by atoms with Gasteiger partial charge in [0.25, 0.3) is 5.91 Å². The molecule has 132 valence electrons. The zero-order valence-electron chi connectivity index (χ0n) is 14.9. The summed E-state index contributed by atoms with van der Waals surface area (Å²) in [5.74, 6) is 0.116. The number of hydrogen-bond donors (Lipinski definition) is 2. The Morgan fingerprint density at radius 1 is 1.27 bits per heavy atom. The number of nitrogens with one attached hydrogen (secondary N) is 1. The van der Waals surface area contributed by atoms with E-state index >= 15 is 0 Å². The number of amides is 1. The maximum atomic E-state index is 12.9. The molecule has 6 heteroatoms. The Labute approximate surface area is 151 Å². The van der Waals surface area contributed by atoms with Crippen LogP contribution in [0.25, 0.3) is 17.1 Å². The smallest absolute Gasteiger partial charge is 0.258 e. The molecule has 0 spiro atoms. The van der Waals surface area contributed by atoms with Crippen molar-refractivity contribution in [2.24, 2.45) is 0 Å². The molecule has 1 saturated carbocycles. The maximum absolute atomic E-state index is 12.9. The van der Waals surface area contributed by atoms with Crippen LogP contribution < -0.4 is 11.1 Å².